The predicted octanol–water partition coefficient (Wildman–Crippen LogP) is 3.07. The predicted molar refractivity (Wildman–Crippen MR) is 122 cm³/mol. The summed E-state index contributed by atoms with van der Waals surface area (Å²) in [5, 5.41) is 2.45. The minimum Gasteiger partial charge on any atom is -0.323 e. The molecule has 2 amide bonds. The molecule has 3 aromatic rings. The summed E-state index contributed by atoms with van der Waals surface area (Å²) in [7, 11) is 1.78. The van der Waals surface area contributed by atoms with E-state index in [2.05, 4.69) is 5.32 Å². The van der Waals surface area contributed by atoms with Gasteiger partial charge in [-0.25, -0.2) is 4.68 Å². The second kappa shape index (κ2) is 6.62. The van der Waals surface area contributed by atoms with Crippen LogP contribution >= 0.6 is 11.8 Å². The number of aromatic nitrogens is 2. The number of amides is 2. The van der Waals surface area contributed by atoms with Gasteiger partial charge in [0.25, 0.3) is 11.5 Å². The van der Waals surface area contributed by atoms with E-state index >= 15 is 0 Å². The lowest BCUT2D eigenvalue weighted by Crippen LogP contribution is -2.49. The van der Waals surface area contributed by atoms with Crippen LogP contribution < -0.4 is 15.8 Å². The molecular formula is C23H22N4O3S. The lowest BCUT2D eigenvalue weighted by atomic mass is 10.0. The third-order valence-electron chi connectivity index (χ3n) is 6.07. The van der Waals surface area contributed by atoms with Gasteiger partial charge in [0.1, 0.15) is 5.69 Å². The van der Waals surface area contributed by atoms with Gasteiger partial charge in [-0.15, -0.1) is 11.8 Å². The summed E-state index contributed by atoms with van der Waals surface area (Å²) in [5.41, 5.74) is 3.58. The number of nitrogens with one attached hydrogen (secondary N) is 1. The number of aryl methyl sites for hydroxylation is 1. The fourth-order valence-corrected chi connectivity index (χ4v) is 5.95. The Hall–Kier alpha value is -3.26. The molecule has 2 aromatic carbocycles. The fraction of sp³-hybridized carbons (Fsp3) is 0.261. The van der Waals surface area contributed by atoms with Crippen LogP contribution in [0.25, 0.3) is 5.69 Å². The standard InChI is InChI=1S/C23H22N4O3S/c1-13-10-11-18-17(12-13)23(22(30)24-18)26(20(28)15(3)31-23)19-14(2)25(4)27(21(19)29)16-8-6-5-7-9-16/h5-12,15H,1-4H3,(H,24,30). The fourth-order valence-electron chi connectivity index (χ4n) is 4.49. The highest BCUT2D eigenvalue weighted by Gasteiger charge is 2.62. The number of thioether (sulfide) groups is 1. The molecule has 31 heavy (non-hydrogen) atoms. The van der Waals surface area contributed by atoms with Crippen molar-refractivity contribution in [2.75, 3.05) is 10.2 Å². The highest BCUT2D eigenvalue weighted by Crippen LogP contribution is 2.56. The van der Waals surface area contributed by atoms with Crippen LogP contribution in [0.15, 0.2) is 53.3 Å². The lowest BCUT2D eigenvalue weighted by Gasteiger charge is -2.31. The molecule has 0 aliphatic carbocycles. The van der Waals surface area contributed by atoms with Crippen molar-refractivity contribution in [3.63, 3.8) is 0 Å². The molecule has 5 rings (SSSR count). The first-order valence-electron chi connectivity index (χ1n) is 10.1. The molecule has 1 fully saturated rings. The van der Waals surface area contributed by atoms with Crippen LogP contribution in [0.2, 0.25) is 0 Å². The number of anilines is 2. The van der Waals surface area contributed by atoms with Gasteiger partial charge >= 0.3 is 0 Å². The Morgan fingerprint density at radius 1 is 1.03 bits per heavy atom. The van der Waals surface area contributed by atoms with Crippen molar-refractivity contribution < 1.29 is 9.59 Å². The molecule has 1 spiro atoms. The maximum absolute atomic E-state index is 13.7. The molecule has 3 heterocycles. The van der Waals surface area contributed by atoms with Crippen LogP contribution in [-0.2, 0) is 21.5 Å². The Bertz CT molecular complexity index is 1310. The number of nitrogens with zero attached hydrogens (tertiary/aromatic N) is 3. The van der Waals surface area contributed by atoms with E-state index in [1.807, 2.05) is 55.5 Å². The molecule has 1 aromatic heterocycles. The molecule has 0 radical (unpaired) electrons. The zero-order chi connectivity index (χ0) is 22.1. The van der Waals surface area contributed by atoms with Gasteiger partial charge in [0.15, 0.2) is 0 Å². The molecule has 0 saturated carbocycles. The first kappa shape index (κ1) is 19.7. The number of hydrogen-bond acceptors (Lipinski definition) is 4. The van der Waals surface area contributed by atoms with Crippen molar-refractivity contribution >= 4 is 35.0 Å². The van der Waals surface area contributed by atoms with Crippen molar-refractivity contribution in [2.45, 2.75) is 30.9 Å². The van der Waals surface area contributed by atoms with Crippen LogP contribution in [0, 0.1) is 13.8 Å². The highest BCUT2D eigenvalue weighted by atomic mass is 32.2. The smallest absolute Gasteiger partial charge is 0.295 e. The first-order valence-corrected chi connectivity index (χ1v) is 10.9. The summed E-state index contributed by atoms with van der Waals surface area (Å²) < 4.78 is 3.26. The van der Waals surface area contributed by atoms with E-state index in [1.54, 1.807) is 25.6 Å². The summed E-state index contributed by atoms with van der Waals surface area (Å²) >= 11 is 1.28. The van der Waals surface area contributed by atoms with Crippen LogP contribution in [0.3, 0.4) is 0 Å². The normalized spacial score (nSPS) is 22.3. The van der Waals surface area contributed by atoms with Gasteiger partial charge in [-0.05, 0) is 39.0 Å². The van der Waals surface area contributed by atoms with E-state index in [-0.39, 0.29) is 23.1 Å². The number of fused-ring (bicyclic) bond motifs is 2. The Balaban J connectivity index is 1.80. The molecule has 1 saturated heterocycles. The monoisotopic (exact) mass is 434 g/mol. The number of carbonyl (C=O) groups excluding carboxylic acids is 2. The number of carbonyl (C=O) groups is 2. The molecule has 7 nitrogen and oxygen atoms in total. The quantitative estimate of drug-likeness (QED) is 0.673. The summed E-state index contributed by atoms with van der Waals surface area (Å²) in [6, 6.07) is 15.0. The Morgan fingerprint density at radius 2 is 1.74 bits per heavy atom. The largest absolute Gasteiger partial charge is 0.323 e. The van der Waals surface area contributed by atoms with Crippen LogP contribution in [-0.4, -0.2) is 26.4 Å². The molecule has 0 bridgehead atoms. The number of hydrogen-bond donors (Lipinski definition) is 1. The molecule has 2 unspecified atom stereocenters. The Kier molecular flexibility index (Phi) is 4.20. The van der Waals surface area contributed by atoms with E-state index in [0.29, 0.717) is 22.6 Å². The molecule has 8 heteroatoms. The number of para-hydroxylation sites is 1. The SMILES string of the molecule is Cc1ccc2c(c1)C1(SC(C)C(=O)N1c1c(C)n(C)n(-c3ccccc3)c1=O)C(=O)N2. The van der Waals surface area contributed by atoms with Gasteiger partial charge in [-0.2, -0.15) is 0 Å². The van der Waals surface area contributed by atoms with Gasteiger partial charge in [0.05, 0.1) is 16.6 Å². The number of rotatable bonds is 2. The van der Waals surface area contributed by atoms with Crippen molar-refractivity contribution in [1.82, 2.24) is 9.36 Å². The van der Waals surface area contributed by atoms with Crippen molar-refractivity contribution in [2.24, 2.45) is 7.05 Å². The third-order valence-corrected chi connectivity index (χ3v) is 7.56. The maximum Gasteiger partial charge on any atom is 0.295 e. The van der Waals surface area contributed by atoms with E-state index in [0.717, 1.165) is 5.56 Å². The van der Waals surface area contributed by atoms with E-state index < -0.39 is 10.1 Å². The van der Waals surface area contributed by atoms with Crippen LogP contribution in [0.4, 0.5) is 11.4 Å². The zero-order valence-corrected chi connectivity index (χ0v) is 18.5. The summed E-state index contributed by atoms with van der Waals surface area (Å²) in [4.78, 5) is 40.6. The van der Waals surface area contributed by atoms with Gasteiger partial charge in [0, 0.05) is 18.3 Å². The minimum atomic E-state index is -1.31. The highest BCUT2D eigenvalue weighted by molar-refractivity contribution is 8.03. The average molecular weight is 435 g/mol. The van der Waals surface area contributed by atoms with Gasteiger partial charge < -0.3 is 5.32 Å². The topological polar surface area (TPSA) is 76.3 Å². The van der Waals surface area contributed by atoms with Gasteiger partial charge in [-0.1, -0.05) is 35.9 Å². The van der Waals surface area contributed by atoms with E-state index in [9.17, 15) is 14.4 Å². The minimum absolute atomic E-state index is 0.234. The molecule has 2 aliphatic rings. The average Bonchev–Trinajstić information content (AvgIpc) is 3.25. The maximum atomic E-state index is 13.7. The van der Waals surface area contributed by atoms with Gasteiger partial charge in [-0.3, -0.25) is 24.0 Å². The van der Waals surface area contributed by atoms with Crippen molar-refractivity contribution in [3.05, 3.63) is 75.7 Å². The first-order chi connectivity index (χ1) is 14.8. The van der Waals surface area contributed by atoms with Crippen LogP contribution in [0.5, 0.6) is 0 Å². The summed E-state index contributed by atoms with van der Waals surface area (Å²) in [5.74, 6) is -0.551. The molecule has 158 valence electrons. The molecular weight excluding hydrogens is 412 g/mol. The van der Waals surface area contributed by atoms with Crippen LogP contribution in [0.1, 0.15) is 23.7 Å². The van der Waals surface area contributed by atoms with Crippen molar-refractivity contribution in [3.8, 4) is 5.69 Å². The molecule has 2 aliphatic heterocycles. The Morgan fingerprint density at radius 3 is 2.45 bits per heavy atom. The van der Waals surface area contributed by atoms with Gasteiger partial charge in [0.2, 0.25) is 10.8 Å². The summed E-state index contributed by atoms with van der Waals surface area (Å²) in [6.45, 7) is 5.53. The van der Waals surface area contributed by atoms with E-state index in [1.165, 1.54) is 21.3 Å². The second-order valence-electron chi connectivity index (χ2n) is 7.99. The van der Waals surface area contributed by atoms with E-state index in [4.69, 9.17) is 0 Å². The second-order valence-corrected chi connectivity index (χ2v) is 9.52. The number of benzene rings is 2. The lowest BCUT2D eigenvalue weighted by molar-refractivity contribution is -0.122. The zero-order valence-electron chi connectivity index (χ0n) is 17.7. The Labute approximate surface area is 183 Å². The molecule has 1 N–H and O–H groups in total. The van der Waals surface area contributed by atoms with Crippen molar-refractivity contribution in [1.29, 1.82) is 0 Å². The summed E-state index contributed by atoms with van der Waals surface area (Å²) in [6.07, 6.45) is 0. The third kappa shape index (κ3) is 2.51. The molecule has 2 atom stereocenters.